The normalized spacial score (nSPS) is 15.2. The predicted molar refractivity (Wildman–Crippen MR) is 110 cm³/mol. The second-order valence-corrected chi connectivity index (χ2v) is 8.23. The number of nitrogens with two attached hydrogens (primary N) is 1. The highest BCUT2D eigenvalue weighted by Gasteiger charge is 2.26. The molecule has 1 heterocycles. The number of rotatable bonds is 6. The molecule has 148 valence electrons. The number of carbonyl (C=O) groups is 3. The van der Waals surface area contributed by atoms with E-state index in [1.807, 2.05) is 19.1 Å². The summed E-state index contributed by atoms with van der Waals surface area (Å²) < 4.78 is 0. The summed E-state index contributed by atoms with van der Waals surface area (Å²) >= 11 is 1.19. The number of benzene rings is 1. The van der Waals surface area contributed by atoms with Gasteiger partial charge in [0.25, 0.3) is 0 Å². The van der Waals surface area contributed by atoms with Crippen LogP contribution in [0.5, 0.6) is 0 Å². The van der Waals surface area contributed by atoms with Crippen molar-refractivity contribution < 1.29 is 14.4 Å². The zero-order valence-corrected chi connectivity index (χ0v) is 16.8. The van der Waals surface area contributed by atoms with Crippen LogP contribution in [0.15, 0.2) is 24.4 Å². The first-order valence-electron chi connectivity index (χ1n) is 9.33. The quantitative estimate of drug-likeness (QED) is 0.634. The van der Waals surface area contributed by atoms with Gasteiger partial charge in [0, 0.05) is 22.6 Å². The van der Waals surface area contributed by atoms with Gasteiger partial charge in [-0.1, -0.05) is 24.5 Å². The zero-order chi connectivity index (χ0) is 20.3. The zero-order valence-electron chi connectivity index (χ0n) is 16.0. The monoisotopic (exact) mass is 400 g/mol. The largest absolute Gasteiger partial charge is 0.369 e. The number of primary amides is 1. The Balaban J connectivity index is 1.72. The van der Waals surface area contributed by atoms with Gasteiger partial charge in [0.05, 0.1) is 11.6 Å². The van der Waals surface area contributed by atoms with Crippen LogP contribution < -0.4 is 16.4 Å². The molecule has 1 fully saturated rings. The van der Waals surface area contributed by atoms with Crippen molar-refractivity contribution in [3.63, 3.8) is 0 Å². The van der Waals surface area contributed by atoms with Crippen LogP contribution in [0.3, 0.4) is 0 Å². The number of nitrogens with zero attached hydrogens (tertiary/aromatic N) is 1. The van der Waals surface area contributed by atoms with Crippen molar-refractivity contribution in [2.75, 3.05) is 10.6 Å². The molecule has 0 bridgehead atoms. The molecule has 1 aromatic carbocycles. The first-order chi connectivity index (χ1) is 13.3. The molecule has 0 radical (unpaired) electrons. The molecule has 7 nitrogen and oxygen atoms in total. The molecule has 1 aliphatic rings. The molecule has 0 aliphatic heterocycles. The van der Waals surface area contributed by atoms with E-state index in [1.54, 1.807) is 13.0 Å². The first kappa shape index (κ1) is 20.0. The molecule has 3 rings (SSSR count). The van der Waals surface area contributed by atoms with Gasteiger partial charge in [0.2, 0.25) is 5.91 Å². The van der Waals surface area contributed by atoms with Crippen LogP contribution in [-0.2, 0) is 4.79 Å². The number of nitrogens with one attached hydrogen (secondary N) is 2. The van der Waals surface area contributed by atoms with Gasteiger partial charge in [-0.15, -0.1) is 11.3 Å². The van der Waals surface area contributed by atoms with E-state index in [-0.39, 0.29) is 11.7 Å². The Kier molecular flexibility index (Phi) is 6.08. The molecule has 28 heavy (non-hydrogen) atoms. The fourth-order valence-electron chi connectivity index (χ4n) is 3.31. The van der Waals surface area contributed by atoms with Crippen LogP contribution in [0.1, 0.15) is 59.3 Å². The average molecular weight is 401 g/mol. The number of ketones is 1. The lowest BCUT2D eigenvalue weighted by atomic mass is 9.94. The van der Waals surface area contributed by atoms with Gasteiger partial charge in [0.15, 0.2) is 10.9 Å². The second-order valence-electron chi connectivity index (χ2n) is 7.17. The van der Waals surface area contributed by atoms with Crippen LogP contribution in [0.2, 0.25) is 0 Å². The van der Waals surface area contributed by atoms with Crippen molar-refractivity contribution in [1.82, 2.24) is 4.98 Å². The third-order valence-electron chi connectivity index (χ3n) is 5.01. The number of amides is 3. The lowest BCUT2D eigenvalue weighted by molar-refractivity contribution is -0.119. The summed E-state index contributed by atoms with van der Waals surface area (Å²) in [4.78, 5) is 41.4. The number of hydrogen-bond donors (Lipinski definition) is 3. The summed E-state index contributed by atoms with van der Waals surface area (Å²) in [6, 6.07) is 4.94. The number of aryl methyl sites for hydroxylation is 1. The fourth-order valence-corrected chi connectivity index (χ4v) is 4.19. The number of thiazole rings is 1. The minimum absolute atomic E-state index is 0.0298. The summed E-state index contributed by atoms with van der Waals surface area (Å²) in [5.41, 5.74) is 7.30. The van der Waals surface area contributed by atoms with Gasteiger partial charge < -0.3 is 11.1 Å². The van der Waals surface area contributed by atoms with E-state index < -0.39 is 17.9 Å². The van der Waals surface area contributed by atoms with Crippen LogP contribution in [0.4, 0.5) is 15.6 Å². The SMILES string of the molecule is Cc1ccc(NC(=O)Nc2ncc(C(C)C(N)=O)s2)c(C(=O)C2CCCC2)c1. The maximum absolute atomic E-state index is 12.9. The van der Waals surface area contributed by atoms with E-state index >= 15 is 0 Å². The highest BCUT2D eigenvalue weighted by molar-refractivity contribution is 7.15. The molecule has 0 spiro atoms. The van der Waals surface area contributed by atoms with Crippen LogP contribution >= 0.6 is 11.3 Å². The highest BCUT2D eigenvalue weighted by atomic mass is 32.1. The molecule has 2 aromatic rings. The number of Topliss-reactive ketones (excluding diaryl/α,β-unsaturated/α-hetero) is 1. The van der Waals surface area contributed by atoms with Gasteiger partial charge in [-0.3, -0.25) is 14.9 Å². The van der Waals surface area contributed by atoms with Gasteiger partial charge in [-0.25, -0.2) is 9.78 Å². The Bertz CT molecular complexity index is 903. The van der Waals surface area contributed by atoms with Crippen molar-refractivity contribution >= 4 is 39.9 Å². The molecule has 1 atom stereocenters. The molecule has 3 amide bonds. The topological polar surface area (TPSA) is 114 Å². The summed E-state index contributed by atoms with van der Waals surface area (Å²) in [5, 5.41) is 5.76. The molecular weight excluding hydrogens is 376 g/mol. The van der Waals surface area contributed by atoms with Gasteiger partial charge >= 0.3 is 6.03 Å². The maximum Gasteiger partial charge on any atom is 0.325 e. The van der Waals surface area contributed by atoms with E-state index in [1.165, 1.54) is 17.5 Å². The molecule has 1 unspecified atom stereocenters. The smallest absolute Gasteiger partial charge is 0.325 e. The van der Waals surface area contributed by atoms with E-state index in [9.17, 15) is 14.4 Å². The number of aromatic nitrogens is 1. The Labute approximate surface area is 167 Å². The molecule has 0 saturated heterocycles. The van der Waals surface area contributed by atoms with E-state index in [0.717, 1.165) is 31.2 Å². The number of anilines is 2. The first-order valence-corrected chi connectivity index (χ1v) is 10.1. The van der Waals surface area contributed by atoms with Crippen LogP contribution in [0, 0.1) is 12.8 Å². The summed E-state index contributed by atoms with van der Waals surface area (Å²) in [6.45, 7) is 3.61. The molecule has 1 aromatic heterocycles. The highest BCUT2D eigenvalue weighted by Crippen LogP contribution is 2.31. The Morgan fingerprint density at radius 2 is 1.93 bits per heavy atom. The van der Waals surface area contributed by atoms with Crippen molar-refractivity contribution in [2.45, 2.75) is 45.4 Å². The number of urea groups is 1. The lowest BCUT2D eigenvalue weighted by Crippen LogP contribution is -2.22. The van der Waals surface area contributed by atoms with Crippen molar-refractivity contribution in [1.29, 1.82) is 0 Å². The molecule has 1 saturated carbocycles. The third-order valence-corrected chi connectivity index (χ3v) is 6.11. The Morgan fingerprint density at radius 1 is 1.21 bits per heavy atom. The van der Waals surface area contributed by atoms with Crippen molar-refractivity contribution in [3.8, 4) is 0 Å². The number of hydrogen-bond acceptors (Lipinski definition) is 5. The molecule has 8 heteroatoms. The summed E-state index contributed by atoms with van der Waals surface area (Å²) in [7, 11) is 0. The average Bonchev–Trinajstić information content (AvgIpc) is 3.34. The Hall–Kier alpha value is -2.74. The molecular formula is C20H24N4O3S. The minimum Gasteiger partial charge on any atom is -0.369 e. The molecule has 4 N–H and O–H groups in total. The van der Waals surface area contributed by atoms with E-state index in [4.69, 9.17) is 5.73 Å². The molecule has 1 aliphatic carbocycles. The van der Waals surface area contributed by atoms with Crippen LogP contribution in [-0.4, -0.2) is 22.7 Å². The summed E-state index contributed by atoms with van der Waals surface area (Å²) in [5.74, 6) is -0.802. The lowest BCUT2D eigenvalue weighted by Gasteiger charge is -2.14. The van der Waals surface area contributed by atoms with Crippen LogP contribution in [0.25, 0.3) is 0 Å². The number of carbonyl (C=O) groups excluding carboxylic acids is 3. The minimum atomic E-state index is -0.489. The van der Waals surface area contributed by atoms with Gasteiger partial charge in [-0.2, -0.15) is 0 Å². The fraction of sp³-hybridized carbons (Fsp3) is 0.400. The predicted octanol–water partition coefficient (Wildman–Crippen LogP) is 4.06. The van der Waals surface area contributed by atoms with E-state index in [2.05, 4.69) is 15.6 Å². The standard InChI is InChI=1S/C20H24N4O3S/c1-11-7-8-15(14(9-11)17(25)13-5-3-4-6-13)23-19(27)24-20-22-10-16(28-20)12(2)18(21)26/h7-10,12-13H,3-6H2,1-2H3,(H2,21,26)(H2,22,23,24,27). The maximum atomic E-state index is 12.9. The second kappa shape index (κ2) is 8.52. The van der Waals surface area contributed by atoms with Gasteiger partial charge in [0.1, 0.15) is 0 Å². The van der Waals surface area contributed by atoms with Crippen molar-refractivity contribution in [3.05, 3.63) is 40.4 Å². The van der Waals surface area contributed by atoms with Crippen molar-refractivity contribution in [2.24, 2.45) is 11.7 Å². The van der Waals surface area contributed by atoms with Gasteiger partial charge in [-0.05, 0) is 38.8 Å². The Morgan fingerprint density at radius 3 is 2.61 bits per heavy atom. The summed E-state index contributed by atoms with van der Waals surface area (Å²) in [6.07, 6.45) is 5.47. The third kappa shape index (κ3) is 4.56. The van der Waals surface area contributed by atoms with E-state index in [0.29, 0.717) is 21.3 Å².